The monoisotopic (exact) mass is 256 g/mol. The summed E-state index contributed by atoms with van der Waals surface area (Å²) in [6.07, 6.45) is 2.26. The lowest BCUT2D eigenvalue weighted by Crippen LogP contribution is -2.08. The standard InChI is InChI=1S/C15H16N2S/c1-2-4-14(15-5-3-10-18-15)17-13-8-6-12(11-16)7-9-13/h3,5-10,14,17H,2,4H2,1H3. The normalized spacial score (nSPS) is 11.8. The van der Waals surface area contributed by atoms with Crippen molar-refractivity contribution in [2.45, 2.75) is 25.8 Å². The molecular weight excluding hydrogens is 240 g/mol. The van der Waals surface area contributed by atoms with Crippen LogP contribution in [-0.2, 0) is 0 Å². The predicted octanol–water partition coefficient (Wildman–Crippen LogP) is 4.57. The molecule has 0 saturated carbocycles. The summed E-state index contributed by atoms with van der Waals surface area (Å²) in [5.74, 6) is 0. The molecule has 1 N–H and O–H groups in total. The third kappa shape index (κ3) is 3.12. The molecule has 92 valence electrons. The van der Waals surface area contributed by atoms with Gasteiger partial charge >= 0.3 is 0 Å². The lowest BCUT2D eigenvalue weighted by molar-refractivity contribution is 0.688. The Morgan fingerprint density at radius 2 is 2.06 bits per heavy atom. The predicted molar refractivity (Wildman–Crippen MR) is 76.7 cm³/mol. The molecule has 0 aliphatic heterocycles. The van der Waals surface area contributed by atoms with Crippen LogP contribution < -0.4 is 5.32 Å². The summed E-state index contributed by atoms with van der Waals surface area (Å²) in [6.45, 7) is 2.20. The summed E-state index contributed by atoms with van der Waals surface area (Å²) in [4.78, 5) is 1.36. The lowest BCUT2D eigenvalue weighted by Gasteiger charge is -2.18. The van der Waals surface area contributed by atoms with Crippen molar-refractivity contribution in [1.29, 1.82) is 5.26 Å². The molecule has 0 fully saturated rings. The Labute approximate surface area is 112 Å². The Hall–Kier alpha value is -1.79. The zero-order chi connectivity index (χ0) is 12.8. The Bertz CT molecular complexity index is 508. The molecule has 1 aromatic carbocycles. The van der Waals surface area contributed by atoms with Crippen LogP contribution in [0.5, 0.6) is 0 Å². The lowest BCUT2D eigenvalue weighted by atomic mass is 10.1. The highest BCUT2D eigenvalue weighted by Gasteiger charge is 2.11. The number of thiophene rings is 1. The average molecular weight is 256 g/mol. The Kier molecular flexibility index (Phi) is 4.38. The van der Waals surface area contributed by atoms with Crippen molar-refractivity contribution in [3.8, 4) is 6.07 Å². The molecule has 0 saturated heterocycles. The van der Waals surface area contributed by atoms with Gasteiger partial charge in [-0.3, -0.25) is 0 Å². The minimum Gasteiger partial charge on any atom is -0.377 e. The molecule has 18 heavy (non-hydrogen) atoms. The van der Waals surface area contributed by atoms with Crippen LogP contribution in [0.25, 0.3) is 0 Å². The van der Waals surface area contributed by atoms with Gasteiger partial charge in [0.1, 0.15) is 0 Å². The molecule has 0 aliphatic rings. The van der Waals surface area contributed by atoms with E-state index in [-0.39, 0.29) is 0 Å². The van der Waals surface area contributed by atoms with Crippen molar-refractivity contribution < 1.29 is 0 Å². The number of hydrogen-bond acceptors (Lipinski definition) is 3. The zero-order valence-corrected chi connectivity index (χ0v) is 11.2. The van der Waals surface area contributed by atoms with E-state index < -0.39 is 0 Å². The van der Waals surface area contributed by atoms with E-state index in [0.29, 0.717) is 11.6 Å². The van der Waals surface area contributed by atoms with Crippen molar-refractivity contribution >= 4 is 17.0 Å². The van der Waals surface area contributed by atoms with Crippen molar-refractivity contribution in [3.63, 3.8) is 0 Å². The largest absolute Gasteiger partial charge is 0.377 e. The number of nitrogens with one attached hydrogen (secondary N) is 1. The third-order valence-corrected chi connectivity index (χ3v) is 3.80. The molecule has 0 amide bonds. The molecule has 2 aromatic rings. The van der Waals surface area contributed by atoms with Gasteiger partial charge in [-0.1, -0.05) is 19.4 Å². The summed E-state index contributed by atoms with van der Waals surface area (Å²) in [6, 6.07) is 14.4. The molecule has 1 aromatic heterocycles. The van der Waals surface area contributed by atoms with Crippen LogP contribution in [0.4, 0.5) is 5.69 Å². The van der Waals surface area contributed by atoms with Gasteiger partial charge in [0.15, 0.2) is 0 Å². The first-order valence-electron chi connectivity index (χ1n) is 6.13. The first-order chi connectivity index (χ1) is 8.83. The van der Waals surface area contributed by atoms with Gasteiger partial charge < -0.3 is 5.32 Å². The second-order valence-corrected chi connectivity index (χ2v) is 5.17. The van der Waals surface area contributed by atoms with Crippen LogP contribution >= 0.6 is 11.3 Å². The van der Waals surface area contributed by atoms with Crippen molar-refractivity contribution in [2.75, 3.05) is 5.32 Å². The van der Waals surface area contributed by atoms with E-state index in [4.69, 9.17) is 5.26 Å². The fraction of sp³-hybridized carbons (Fsp3) is 0.267. The van der Waals surface area contributed by atoms with Crippen molar-refractivity contribution in [3.05, 3.63) is 52.2 Å². The van der Waals surface area contributed by atoms with Crippen molar-refractivity contribution in [2.24, 2.45) is 0 Å². The minimum absolute atomic E-state index is 0.364. The number of nitriles is 1. The average Bonchev–Trinajstić information content (AvgIpc) is 2.93. The summed E-state index contributed by atoms with van der Waals surface area (Å²) >= 11 is 1.78. The highest BCUT2D eigenvalue weighted by atomic mass is 32.1. The SMILES string of the molecule is CCCC(Nc1ccc(C#N)cc1)c1cccs1. The quantitative estimate of drug-likeness (QED) is 0.850. The van der Waals surface area contributed by atoms with E-state index in [0.717, 1.165) is 18.5 Å². The van der Waals surface area contributed by atoms with Crippen LogP contribution in [0.3, 0.4) is 0 Å². The summed E-state index contributed by atoms with van der Waals surface area (Å²) in [5.41, 5.74) is 1.77. The van der Waals surface area contributed by atoms with Gasteiger partial charge in [-0.2, -0.15) is 5.26 Å². The van der Waals surface area contributed by atoms with E-state index >= 15 is 0 Å². The van der Waals surface area contributed by atoms with Crippen LogP contribution in [0.2, 0.25) is 0 Å². The van der Waals surface area contributed by atoms with E-state index in [2.05, 4.69) is 35.8 Å². The van der Waals surface area contributed by atoms with Gasteiger partial charge in [0.05, 0.1) is 17.7 Å². The van der Waals surface area contributed by atoms with E-state index in [9.17, 15) is 0 Å². The van der Waals surface area contributed by atoms with Gasteiger partial charge in [-0.25, -0.2) is 0 Å². The molecule has 0 bridgehead atoms. The Morgan fingerprint density at radius 3 is 2.61 bits per heavy atom. The number of anilines is 1. The molecule has 0 aliphatic carbocycles. The summed E-state index contributed by atoms with van der Waals surface area (Å²) in [7, 11) is 0. The van der Waals surface area contributed by atoms with Crippen LogP contribution in [0, 0.1) is 11.3 Å². The van der Waals surface area contributed by atoms with E-state index in [1.165, 1.54) is 4.88 Å². The first kappa shape index (κ1) is 12.7. The highest BCUT2D eigenvalue weighted by Crippen LogP contribution is 2.27. The number of hydrogen-bond donors (Lipinski definition) is 1. The molecule has 0 radical (unpaired) electrons. The fourth-order valence-electron chi connectivity index (χ4n) is 1.91. The minimum atomic E-state index is 0.364. The van der Waals surface area contributed by atoms with E-state index in [1.807, 2.05) is 24.3 Å². The van der Waals surface area contributed by atoms with Gasteiger partial charge in [0, 0.05) is 10.6 Å². The second-order valence-electron chi connectivity index (χ2n) is 4.19. The van der Waals surface area contributed by atoms with Crippen LogP contribution in [0.15, 0.2) is 41.8 Å². The molecule has 1 unspecified atom stereocenters. The maximum Gasteiger partial charge on any atom is 0.0991 e. The van der Waals surface area contributed by atoms with Gasteiger partial charge in [-0.15, -0.1) is 11.3 Å². The molecule has 2 nitrogen and oxygen atoms in total. The summed E-state index contributed by atoms with van der Waals surface area (Å²) < 4.78 is 0. The Morgan fingerprint density at radius 1 is 1.28 bits per heavy atom. The number of nitrogens with zero attached hydrogens (tertiary/aromatic N) is 1. The molecular formula is C15H16N2S. The van der Waals surface area contributed by atoms with E-state index in [1.54, 1.807) is 11.3 Å². The fourth-order valence-corrected chi connectivity index (χ4v) is 2.72. The van der Waals surface area contributed by atoms with Gasteiger partial charge in [0.25, 0.3) is 0 Å². The van der Waals surface area contributed by atoms with Gasteiger partial charge in [-0.05, 0) is 42.1 Å². The molecule has 3 heteroatoms. The van der Waals surface area contributed by atoms with Gasteiger partial charge in [0.2, 0.25) is 0 Å². The first-order valence-corrected chi connectivity index (χ1v) is 7.01. The Balaban J connectivity index is 2.11. The number of benzene rings is 1. The summed E-state index contributed by atoms with van der Waals surface area (Å²) in [5, 5.41) is 14.4. The third-order valence-electron chi connectivity index (χ3n) is 2.82. The molecule has 0 spiro atoms. The zero-order valence-electron chi connectivity index (χ0n) is 10.4. The molecule has 2 rings (SSSR count). The smallest absolute Gasteiger partial charge is 0.0991 e. The maximum atomic E-state index is 8.78. The van der Waals surface area contributed by atoms with Crippen LogP contribution in [0.1, 0.15) is 36.2 Å². The van der Waals surface area contributed by atoms with Crippen LogP contribution in [-0.4, -0.2) is 0 Å². The highest BCUT2D eigenvalue weighted by molar-refractivity contribution is 7.10. The molecule has 1 atom stereocenters. The molecule has 1 heterocycles. The second kappa shape index (κ2) is 6.23. The topological polar surface area (TPSA) is 35.8 Å². The number of rotatable bonds is 5. The van der Waals surface area contributed by atoms with Crippen molar-refractivity contribution in [1.82, 2.24) is 0 Å². The maximum absolute atomic E-state index is 8.78.